The molecule has 2 heterocycles. The van der Waals surface area contributed by atoms with Crippen LogP contribution in [0.3, 0.4) is 0 Å². The van der Waals surface area contributed by atoms with E-state index in [1.807, 2.05) is 18.3 Å². The summed E-state index contributed by atoms with van der Waals surface area (Å²) in [5.74, 6) is 0.846. The fraction of sp³-hybridized carbons (Fsp3) is 0.308. The van der Waals surface area contributed by atoms with Gasteiger partial charge in [0.25, 0.3) is 0 Å². The summed E-state index contributed by atoms with van der Waals surface area (Å²) in [5.41, 5.74) is 6.18. The van der Waals surface area contributed by atoms with Crippen LogP contribution < -0.4 is 5.32 Å². The molecule has 0 saturated carbocycles. The summed E-state index contributed by atoms with van der Waals surface area (Å²) < 4.78 is 0. The van der Waals surface area contributed by atoms with Gasteiger partial charge >= 0.3 is 0 Å². The molecule has 4 aromatic rings. The Bertz CT molecular complexity index is 1230. The van der Waals surface area contributed by atoms with Crippen LogP contribution in [0.15, 0.2) is 48.5 Å². The minimum atomic E-state index is 0.140. The summed E-state index contributed by atoms with van der Waals surface area (Å²) in [4.78, 5) is 4.80. The average molecular weight is 431 g/mol. The number of rotatable bonds is 6. The third-order valence-corrected chi connectivity index (χ3v) is 7.06. The first-order valence-corrected chi connectivity index (χ1v) is 11.5. The summed E-state index contributed by atoms with van der Waals surface area (Å²) in [7, 11) is 4.22. The Balaban J connectivity index is 1.63. The van der Waals surface area contributed by atoms with Crippen molar-refractivity contribution in [3.05, 3.63) is 75.8 Å². The molecule has 1 unspecified atom stereocenters. The monoisotopic (exact) mass is 430 g/mol. The van der Waals surface area contributed by atoms with E-state index in [9.17, 15) is 0 Å². The molecule has 0 saturated heterocycles. The van der Waals surface area contributed by atoms with Gasteiger partial charge in [-0.1, -0.05) is 24.3 Å². The van der Waals surface area contributed by atoms with E-state index >= 15 is 0 Å². The molecule has 0 spiro atoms. The highest BCUT2D eigenvalue weighted by Gasteiger charge is 2.15. The van der Waals surface area contributed by atoms with E-state index in [1.165, 1.54) is 32.0 Å². The third kappa shape index (κ3) is 4.48. The zero-order chi connectivity index (χ0) is 22.1. The Morgan fingerprint density at radius 3 is 2.39 bits per heavy atom. The molecule has 0 aliphatic rings. The molecule has 4 nitrogen and oxygen atoms in total. The quantitative estimate of drug-likeness (QED) is 0.378. The second kappa shape index (κ2) is 8.77. The van der Waals surface area contributed by atoms with Gasteiger partial charge in [-0.3, -0.25) is 0 Å². The lowest BCUT2D eigenvalue weighted by molar-refractivity contribution is 0.403. The number of hydrogen-bond donors (Lipinski definition) is 1. The fourth-order valence-corrected chi connectivity index (χ4v) is 4.97. The largest absolute Gasteiger partial charge is 0.361 e. The fourth-order valence-electron chi connectivity index (χ4n) is 3.90. The Labute approximate surface area is 189 Å². The third-order valence-electron chi connectivity index (χ3n) is 5.75. The van der Waals surface area contributed by atoms with Crippen LogP contribution in [-0.2, 0) is 6.54 Å². The van der Waals surface area contributed by atoms with Crippen LogP contribution in [-0.4, -0.2) is 29.2 Å². The maximum Gasteiger partial charge on any atom is 0.157 e. The topological polar surface area (TPSA) is 41.1 Å². The molecule has 2 aromatic carbocycles. The van der Waals surface area contributed by atoms with E-state index in [0.29, 0.717) is 0 Å². The van der Waals surface area contributed by atoms with Crippen molar-refractivity contribution in [2.24, 2.45) is 0 Å². The number of benzene rings is 2. The predicted molar refractivity (Wildman–Crippen MR) is 133 cm³/mol. The van der Waals surface area contributed by atoms with Crippen molar-refractivity contribution >= 4 is 27.9 Å². The zero-order valence-electron chi connectivity index (χ0n) is 19.2. The lowest BCUT2D eigenvalue weighted by atomic mass is 10.0. The molecule has 0 aliphatic carbocycles. The molecule has 0 aliphatic heterocycles. The first-order valence-electron chi connectivity index (χ1n) is 10.7. The second-order valence-corrected chi connectivity index (χ2v) is 9.69. The summed E-state index contributed by atoms with van der Waals surface area (Å²) >= 11 is 1.84. The van der Waals surface area contributed by atoms with Crippen LogP contribution >= 0.6 is 11.3 Å². The minimum Gasteiger partial charge on any atom is -0.361 e. The molecule has 0 fully saturated rings. The lowest BCUT2D eigenvalue weighted by Crippen LogP contribution is -2.11. The zero-order valence-corrected chi connectivity index (χ0v) is 20.0. The molecular weight excluding hydrogens is 400 g/mol. The van der Waals surface area contributed by atoms with Gasteiger partial charge in [-0.05, 0) is 88.3 Å². The van der Waals surface area contributed by atoms with Crippen LogP contribution in [0.5, 0.6) is 0 Å². The Kier molecular flexibility index (Phi) is 6.08. The number of fused-ring (bicyclic) bond motifs is 1. The molecule has 160 valence electrons. The van der Waals surface area contributed by atoms with E-state index in [4.69, 9.17) is 0 Å². The van der Waals surface area contributed by atoms with Crippen LogP contribution in [0.2, 0.25) is 0 Å². The van der Waals surface area contributed by atoms with Crippen molar-refractivity contribution in [3.63, 3.8) is 0 Å². The maximum atomic E-state index is 4.49. The molecule has 1 N–H and O–H groups in total. The molecular formula is C26H30N4S. The van der Waals surface area contributed by atoms with E-state index in [2.05, 4.69) is 104 Å². The molecule has 5 heteroatoms. The number of hydrogen-bond acceptors (Lipinski definition) is 5. The van der Waals surface area contributed by atoms with Gasteiger partial charge in [0.05, 0.1) is 11.7 Å². The minimum absolute atomic E-state index is 0.140. The molecule has 0 amide bonds. The standard InChI is InChI=1S/C26H30N4S/c1-16-13-22-18(3)28-29-26(23(22)14-17(16)2)27-19(4)24-11-12-25(31-24)21-10-8-7-9-20(21)15-30(5)6/h7-14,19H,15H2,1-6H3,(H,27,29). The van der Waals surface area contributed by atoms with Gasteiger partial charge in [0, 0.05) is 27.1 Å². The van der Waals surface area contributed by atoms with E-state index < -0.39 is 0 Å². The van der Waals surface area contributed by atoms with Gasteiger partial charge in [0.15, 0.2) is 5.82 Å². The van der Waals surface area contributed by atoms with Gasteiger partial charge in [-0.2, -0.15) is 5.10 Å². The van der Waals surface area contributed by atoms with Crippen molar-refractivity contribution in [2.45, 2.75) is 40.3 Å². The maximum absolute atomic E-state index is 4.49. The van der Waals surface area contributed by atoms with Crippen molar-refractivity contribution in [1.82, 2.24) is 15.1 Å². The number of thiophene rings is 1. The van der Waals surface area contributed by atoms with Crippen molar-refractivity contribution in [2.75, 3.05) is 19.4 Å². The Morgan fingerprint density at radius 1 is 0.935 bits per heavy atom. The van der Waals surface area contributed by atoms with Crippen LogP contribution in [0.1, 0.15) is 40.2 Å². The first-order chi connectivity index (χ1) is 14.8. The lowest BCUT2D eigenvalue weighted by Gasteiger charge is -2.16. The summed E-state index contributed by atoms with van der Waals surface area (Å²) in [6.07, 6.45) is 0. The molecule has 4 rings (SSSR count). The summed E-state index contributed by atoms with van der Waals surface area (Å²) in [6.45, 7) is 9.44. The van der Waals surface area contributed by atoms with Gasteiger partial charge in [0.1, 0.15) is 0 Å². The number of nitrogens with zero attached hydrogens (tertiary/aromatic N) is 3. The van der Waals surface area contributed by atoms with E-state index in [-0.39, 0.29) is 6.04 Å². The highest BCUT2D eigenvalue weighted by molar-refractivity contribution is 7.15. The smallest absolute Gasteiger partial charge is 0.157 e. The van der Waals surface area contributed by atoms with Gasteiger partial charge in [-0.15, -0.1) is 16.4 Å². The van der Waals surface area contributed by atoms with Crippen molar-refractivity contribution in [3.8, 4) is 10.4 Å². The normalized spacial score (nSPS) is 12.5. The highest BCUT2D eigenvalue weighted by atomic mass is 32.1. The molecule has 31 heavy (non-hydrogen) atoms. The predicted octanol–water partition coefficient (Wildman–Crippen LogP) is 6.52. The van der Waals surface area contributed by atoms with Gasteiger partial charge in [0.2, 0.25) is 0 Å². The molecule has 0 bridgehead atoms. The van der Waals surface area contributed by atoms with Gasteiger partial charge in [-0.25, -0.2) is 0 Å². The second-order valence-electron chi connectivity index (χ2n) is 8.58. The SMILES string of the molecule is Cc1cc2c(C)nnc(NC(C)c3ccc(-c4ccccc4CN(C)C)s3)c2cc1C. The number of aromatic nitrogens is 2. The number of aryl methyl sites for hydroxylation is 3. The first kappa shape index (κ1) is 21.5. The van der Waals surface area contributed by atoms with Gasteiger partial charge < -0.3 is 10.2 Å². The van der Waals surface area contributed by atoms with E-state index in [1.54, 1.807) is 0 Å². The Hall–Kier alpha value is -2.76. The molecule has 1 atom stereocenters. The van der Waals surface area contributed by atoms with E-state index in [0.717, 1.165) is 28.8 Å². The van der Waals surface area contributed by atoms with Crippen LogP contribution in [0.25, 0.3) is 21.2 Å². The van der Waals surface area contributed by atoms with Crippen molar-refractivity contribution < 1.29 is 0 Å². The molecule has 0 radical (unpaired) electrons. The Morgan fingerprint density at radius 2 is 1.65 bits per heavy atom. The summed E-state index contributed by atoms with van der Waals surface area (Å²) in [6, 6.07) is 17.7. The van der Waals surface area contributed by atoms with Crippen LogP contribution in [0.4, 0.5) is 5.82 Å². The average Bonchev–Trinajstić information content (AvgIpc) is 3.22. The number of anilines is 1. The number of nitrogens with one attached hydrogen (secondary N) is 1. The molecule has 2 aromatic heterocycles. The summed E-state index contributed by atoms with van der Waals surface area (Å²) in [5, 5.41) is 14.8. The highest BCUT2D eigenvalue weighted by Crippen LogP contribution is 2.35. The van der Waals surface area contributed by atoms with Crippen molar-refractivity contribution in [1.29, 1.82) is 0 Å². The van der Waals surface area contributed by atoms with Crippen LogP contribution in [0, 0.1) is 20.8 Å².